The Morgan fingerprint density at radius 3 is 2.61 bits per heavy atom. The molecule has 1 unspecified atom stereocenters. The molecule has 0 saturated carbocycles. The Labute approximate surface area is 117 Å². The smallest absolute Gasteiger partial charge is 0.253 e. The van der Waals surface area contributed by atoms with Crippen LogP contribution in [-0.4, -0.2) is 30.4 Å². The minimum absolute atomic E-state index is 0.0162. The summed E-state index contributed by atoms with van der Waals surface area (Å²) in [6, 6.07) is 4.93. The van der Waals surface area contributed by atoms with Gasteiger partial charge < -0.3 is 10.6 Å². The van der Waals surface area contributed by atoms with Crippen LogP contribution in [-0.2, 0) is 0 Å². The molecule has 1 heterocycles. The van der Waals surface area contributed by atoms with Crippen molar-refractivity contribution in [2.45, 2.75) is 12.8 Å². The Kier molecular flexibility index (Phi) is 4.49. The number of carbonyl (C=O) groups is 1. The van der Waals surface area contributed by atoms with E-state index in [4.69, 9.17) is 28.9 Å². The molecule has 0 aromatic heterocycles. The third-order valence-corrected chi connectivity index (χ3v) is 3.69. The highest BCUT2D eigenvalue weighted by Crippen LogP contribution is 2.22. The molecule has 1 aliphatic rings. The number of amides is 1. The molecule has 1 aromatic carbocycles. The van der Waals surface area contributed by atoms with Crippen LogP contribution in [0.5, 0.6) is 0 Å². The van der Waals surface area contributed by atoms with Crippen LogP contribution in [0.1, 0.15) is 23.2 Å². The van der Waals surface area contributed by atoms with Crippen molar-refractivity contribution in [1.82, 2.24) is 4.90 Å². The average molecular weight is 287 g/mol. The number of rotatable bonds is 2. The van der Waals surface area contributed by atoms with Crippen LogP contribution in [0.2, 0.25) is 10.0 Å². The fourth-order valence-corrected chi connectivity index (χ4v) is 2.83. The maximum Gasteiger partial charge on any atom is 0.253 e. The van der Waals surface area contributed by atoms with Crippen LogP contribution in [0, 0.1) is 5.92 Å². The second-order valence-corrected chi connectivity index (χ2v) is 5.53. The van der Waals surface area contributed by atoms with Gasteiger partial charge in [-0.05, 0) is 43.5 Å². The fourth-order valence-electron chi connectivity index (χ4n) is 2.30. The Hall–Kier alpha value is -0.770. The first kappa shape index (κ1) is 13.7. The minimum Gasteiger partial charge on any atom is -0.338 e. The summed E-state index contributed by atoms with van der Waals surface area (Å²) in [7, 11) is 0. The molecule has 0 radical (unpaired) electrons. The highest BCUT2D eigenvalue weighted by molar-refractivity contribution is 6.35. The van der Waals surface area contributed by atoms with Gasteiger partial charge in [-0.3, -0.25) is 4.79 Å². The quantitative estimate of drug-likeness (QED) is 0.909. The molecule has 1 atom stereocenters. The molecule has 18 heavy (non-hydrogen) atoms. The summed E-state index contributed by atoms with van der Waals surface area (Å²) >= 11 is 11.8. The summed E-state index contributed by atoms with van der Waals surface area (Å²) in [6.45, 7) is 2.12. The lowest BCUT2D eigenvalue weighted by molar-refractivity contribution is 0.0678. The van der Waals surface area contributed by atoms with Gasteiger partial charge in [0.15, 0.2) is 0 Å². The standard InChI is InChI=1S/C13H16Cl2N2O/c14-11-4-10(5-12(15)6-11)13(18)17-3-1-2-9(7-16)8-17/h4-6,9H,1-3,7-8,16H2. The minimum atomic E-state index is -0.0162. The van der Waals surface area contributed by atoms with E-state index in [1.165, 1.54) is 0 Å². The summed E-state index contributed by atoms with van der Waals surface area (Å²) in [5, 5.41) is 0.969. The average Bonchev–Trinajstić information content (AvgIpc) is 2.37. The summed E-state index contributed by atoms with van der Waals surface area (Å²) < 4.78 is 0. The molecular formula is C13H16Cl2N2O. The Morgan fingerprint density at radius 2 is 2.00 bits per heavy atom. The van der Waals surface area contributed by atoms with E-state index in [1.54, 1.807) is 18.2 Å². The molecule has 3 nitrogen and oxygen atoms in total. The first-order valence-electron chi connectivity index (χ1n) is 6.05. The zero-order valence-electron chi connectivity index (χ0n) is 10.0. The molecule has 1 aromatic rings. The number of hydrogen-bond donors (Lipinski definition) is 1. The van der Waals surface area contributed by atoms with Crippen molar-refractivity contribution in [2.75, 3.05) is 19.6 Å². The van der Waals surface area contributed by atoms with Crippen molar-refractivity contribution >= 4 is 29.1 Å². The second kappa shape index (κ2) is 5.91. The molecule has 0 aliphatic carbocycles. The number of halogens is 2. The van der Waals surface area contributed by atoms with Gasteiger partial charge in [0.25, 0.3) is 5.91 Å². The molecule has 0 bridgehead atoms. The summed E-state index contributed by atoms with van der Waals surface area (Å²) in [6.07, 6.45) is 2.10. The van der Waals surface area contributed by atoms with Gasteiger partial charge in [-0.25, -0.2) is 0 Å². The van der Waals surface area contributed by atoms with Gasteiger partial charge in [-0.1, -0.05) is 23.2 Å². The van der Waals surface area contributed by atoms with Crippen molar-refractivity contribution in [2.24, 2.45) is 11.7 Å². The summed E-state index contributed by atoms with van der Waals surface area (Å²) in [4.78, 5) is 14.2. The Bertz CT molecular complexity index is 430. The molecule has 1 fully saturated rings. The second-order valence-electron chi connectivity index (χ2n) is 4.65. The highest BCUT2D eigenvalue weighted by atomic mass is 35.5. The number of nitrogens with zero attached hydrogens (tertiary/aromatic N) is 1. The maximum absolute atomic E-state index is 12.3. The topological polar surface area (TPSA) is 46.3 Å². The van der Waals surface area contributed by atoms with Crippen molar-refractivity contribution in [3.63, 3.8) is 0 Å². The van der Waals surface area contributed by atoms with E-state index in [1.807, 2.05) is 4.90 Å². The number of likely N-dealkylation sites (tertiary alicyclic amines) is 1. The third-order valence-electron chi connectivity index (χ3n) is 3.25. The number of carbonyl (C=O) groups excluding carboxylic acids is 1. The first-order valence-corrected chi connectivity index (χ1v) is 6.81. The fraction of sp³-hybridized carbons (Fsp3) is 0.462. The van der Waals surface area contributed by atoms with Crippen LogP contribution in [0.25, 0.3) is 0 Å². The van der Waals surface area contributed by atoms with Gasteiger partial charge in [0.2, 0.25) is 0 Å². The predicted octanol–water partition coefficient (Wildman–Crippen LogP) is 2.80. The molecule has 1 saturated heterocycles. The molecule has 2 N–H and O–H groups in total. The lowest BCUT2D eigenvalue weighted by Gasteiger charge is -2.32. The Balaban J connectivity index is 2.15. The molecule has 5 heteroatoms. The van der Waals surface area contributed by atoms with Crippen molar-refractivity contribution in [3.05, 3.63) is 33.8 Å². The normalized spacial score (nSPS) is 19.9. The molecule has 98 valence electrons. The van der Waals surface area contributed by atoms with Crippen molar-refractivity contribution < 1.29 is 4.79 Å². The highest BCUT2D eigenvalue weighted by Gasteiger charge is 2.23. The zero-order valence-corrected chi connectivity index (χ0v) is 11.5. The molecule has 2 rings (SSSR count). The van der Waals surface area contributed by atoms with E-state index in [2.05, 4.69) is 0 Å². The SMILES string of the molecule is NCC1CCCN(C(=O)c2cc(Cl)cc(Cl)c2)C1. The largest absolute Gasteiger partial charge is 0.338 e. The monoisotopic (exact) mass is 286 g/mol. The molecule has 0 spiro atoms. The first-order chi connectivity index (χ1) is 8.60. The molecule has 1 aliphatic heterocycles. The number of hydrogen-bond acceptors (Lipinski definition) is 2. The lowest BCUT2D eigenvalue weighted by atomic mass is 9.97. The molecule has 1 amide bonds. The van der Waals surface area contributed by atoms with Crippen LogP contribution in [0.4, 0.5) is 0 Å². The van der Waals surface area contributed by atoms with Gasteiger partial charge in [-0.15, -0.1) is 0 Å². The van der Waals surface area contributed by atoms with Gasteiger partial charge in [0.05, 0.1) is 0 Å². The van der Waals surface area contributed by atoms with Crippen molar-refractivity contribution in [3.8, 4) is 0 Å². The lowest BCUT2D eigenvalue weighted by Crippen LogP contribution is -2.42. The van der Waals surface area contributed by atoms with Gasteiger partial charge in [0, 0.05) is 28.7 Å². The Morgan fingerprint density at radius 1 is 1.33 bits per heavy atom. The van der Waals surface area contributed by atoms with E-state index in [9.17, 15) is 4.79 Å². The van der Waals surface area contributed by atoms with Crippen LogP contribution >= 0.6 is 23.2 Å². The van der Waals surface area contributed by atoms with Crippen LogP contribution in [0.3, 0.4) is 0 Å². The number of nitrogens with two attached hydrogens (primary N) is 1. The third kappa shape index (κ3) is 3.16. The number of benzene rings is 1. The van der Waals surface area contributed by atoms with Gasteiger partial charge >= 0.3 is 0 Å². The summed E-state index contributed by atoms with van der Waals surface area (Å²) in [5.74, 6) is 0.384. The molecular weight excluding hydrogens is 271 g/mol. The zero-order chi connectivity index (χ0) is 13.1. The van der Waals surface area contributed by atoms with Crippen molar-refractivity contribution in [1.29, 1.82) is 0 Å². The predicted molar refractivity (Wildman–Crippen MR) is 74.1 cm³/mol. The van der Waals surface area contributed by atoms with E-state index < -0.39 is 0 Å². The maximum atomic E-state index is 12.3. The summed E-state index contributed by atoms with van der Waals surface area (Å²) in [5.41, 5.74) is 6.22. The van der Waals surface area contributed by atoms with E-state index in [-0.39, 0.29) is 5.91 Å². The van der Waals surface area contributed by atoms with Crippen LogP contribution < -0.4 is 5.73 Å². The van der Waals surface area contributed by atoms with Crippen LogP contribution in [0.15, 0.2) is 18.2 Å². The van der Waals surface area contributed by atoms with E-state index >= 15 is 0 Å². The number of piperidine rings is 1. The van der Waals surface area contributed by atoms with E-state index in [0.29, 0.717) is 28.1 Å². The van der Waals surface area contributed by atoms with Gasteiger partial charge in [0.1, 0.15) is 0 Å². The van der Waals surface area contributed by atoms with Gasteiger partial charge in [-0.2, -0.15) is 0 Å². The van der Waals surface area contributed by atoms with E-state index in [0.717, 1.165) is 25.9 Å².